The lowest BCUT2D eigenvalue weighted by Crippen LogP contribution is -2.22. The van der Waals surface area contributed by atoms with Gasteiger partial charge in [-0.1, -0.05) is 51.7 Å². The summed E-state index contributed by atoms with van der Waals surface area (Å²) in [5.74, 6) is 1.27. The molecule has 0 aliphatic carbocycles. The van der Waals surface area contributed by atoms with E-state index in [9.17, 15) is 9.59 Å². The highest BCUT2D eigenvalue weighted by atomic mass is 16.5. The van der Waals surface area contributed by atoms with Gasteiger partial charge in [0.15, 0.2) is 0 Å². The van der Waals surface area contributed by atoms with Gasteiger partial charge in [0.25, 0.3) is 5.91 Å². The third-order valence-electron chi connectivity index (χ3n) is 3.93. The Hall–Kier alpha value is -2.04. The first-order valence-corrected chi connectivity index (χ1v) is 8.40. The largest absolute Gasteiger partial charge is 0.494 e. The fourth-order valence-electron chi connectivity index (χ4n) is 2.61. The average molecular weight is 318 g/mol. The lowest BCUT2D eigenvalue weighted by atomic mass is 10.0. The number of unbranched alkanes of at least 4 members (excludes halogenated alkanes) is 3. The zero-order valence-electron chi connectivity index (χ0n) is 13.9. The van der Waals surface area contributed by atoms with E-state index in [0.29, 0.717) is 6.61 Å². The van der Waals surface area contributed by atoms with Gasteiger partial charge in [-0.15, -0.1) is 0 Å². The summed E-state index contributed by atoms with van der Waals surface area (Å²) in [5.41, 5.74) is 0.759. The molecule has 0 saturated carbocycles. The molecule has 0 radical (unpaired) electrons. The highest BCUT2D eigenvalue weighted by molar-refractivity contribution is 6.04. The highest BCUT2D eigenvalue weighted by Gasteiger charge is 2.30. The fraction of sp³-hybridized carbons (Fsp3) is 0.556. The van der Waals surface area contributed by atoms with Crippen molar-refractivity contribution in [2.75, 3.05) is 6.61 Å². The van der Waals surface area contributed by atoms with E-state index in [4.69, 9.17) is 4.74 Å². The fourth-order valence-corrected chi connectivity index (χ4v) is 2.61. The molecule has 1 atom stereocenters. The van der Waals surface area contributed by atoms with Crippen molar-refractivity contribution < 1.29 is 14.3 Å². The SMILES string of the molecule is CC(C)CCCCCCOc1ccc([C@H]2NC(=O)NC2=O)cc1. The van der Waals surface area contributed by atoms with Gasteiger partial charge in [0, 0.05) is 0 Å². The molecule has 1 fully saturated rings. The Labute approximate surface area is 137 Å². The number of rotatable bonds is 9. The predicted octanol–water partition coefficient (Wildman–Crippen LogP) is 3.55. The van der Waals surface area contributed by atoms with Gasteiger partial charge in [0.1, 0.15) is 11.8 Å². The molecule has 5 heteroatoms. The molecule has 0 aromatic heterocycles. The van der Waals surface area contributed by atoms with Gasteiger partial charge in [-0.25, -0.2) is 4.79 Å². The van der Waals surface area contributed by atoms with Gasteiger partial charge < -0.3 is 10.1 Å². The minimum absolute atomic E-state index is 0.315. The van der Waals surface area contributed by atoms with Crippen molar-refractivity contribution in [3.63, 3.8) is 0 Å². The summed E-state index contributed by atoms with van der Waals surface area (Å²) in [6, 6.07) is 6.26. The van der Waals surface area contributed by atoms with Crippen LogP contribution in [-0.2, 0) is 4.79 Å². The summed E-state index contributed by atoms with van der Waals surface area (Å²) in [5, 5.41) is 4.80. The third kappa shape index (κ3) is 5.58. The molecule has 0 spiro atoms. The topological polar surface area (TPSA) is 67.4 Å². The van der Waals surface area contributed by atoms with E-state index in [1.165, 1.54) is 25.7 Å². The van der Waals surface area contributed by atoms with Crippen molar-refractivity contribution in [1.82, 2.24) is 10.6 Å². The molecule has 5 nitrogen and oxygen atoms in total. The molecule has 0 bridgehead atoms. The highest BCUT2D eigenvalue weighted by Crippen LogP contribution is 2.20. The molecule has 2 N–H and O–H groups in total. The zero-order valence-corrected chi connectivity index (χ0v) is 13.9. The van der Waals surface area contributed by atoms with Gasteiger partial charge in [-0.2, -0.15) is 0 Å². The monoisotopic (exact) mass is 318 g/mol. The van der Waals surface area contributed by atoms with Crippen LogP contribution < -0.4 is 15.4 Å². The minimum atomic E-state index is -0.600. The Morgan fingerprint density at radius 1 is 1.04 bits per heavy atom. The van der Waals surface area contributed by atoms with Crippen LogP contribution in [0.25, 0.3) is 0 Å². The first-order valence-electron chi connectivity index (χ1n) is 8.40. The molecule has 1 aromatic carbocycles. The number of carbonyl (C=O) groups is 2. The molecule has 1 aliphatic rings. The number of carbonyl (C=O) groups excluding carboxylic acids is 2. The molecule has 1 aliphatic heterocycles. The summed E-state index contributed by atoms with van der Waals surface area (Å²) in [4.78, 5) is 22.7. The van der Waals surface area contributed by atoms with Crippen LogP contribution >= 0.6 is 0 Å². The molecular weight excluding hydrogens is 292 g/mol. The van der Waals surface area contributed by atoms with Crippen LogP contribution in [0.15, 0.2) is 24.3 Å². The zero-order chi connectivity index (χ0) is 16.7. The van der Waals surface area contributed by atoms with E-state index < -0.39 is 12.1 Å². The number of amides is 3. The Bertz CT molecular complexity index is 526. The number of benzene rings is 1. The van der Waals surface area contributed by atoms with Crippen molar-refractivity contribution in [1.29, 1.82) is 0 Å². The van der Waals surface area contributed by atoms with Crippen LogP contribution in [0.5, 0.6) is 5.75 Å². The van der Waals surface area contributed by atoms with Crippen molar-refractivity contribution in [3.8, 4) is 5.75 Å². The molecular formula is C18H26N2O3. The van der Waals surface area contributed by atoms with E-state index in [1.807, 2.05) is 24.3 Å². The third-order valence-corrected chi connectivity index (χ3v) is 3.93. The van der Waals surface area contributed by atoms with Crippen molar-refractivity contribution in [2.24, 2.45) is 5.92 Å². The maximum atomic E-state index is 11.6. The summed E-state index contributed by atoms with van der Waals surface area (Å²) in [6.07, 6.45) is 6.10. The normalized spacial score (nSPS) is 17.3. The van der Waals surface area contributed by atoms with Crippen LogP contribution in [-0.4, -0.2) is 18.5 Å². The first kappa shape index (κ1) is 17.3. The standard InChI is InChI=1S/C18H26N2O3/c1-13(2)7-5-3-4-6-12-23-15-10-8-14(9-11-15)16-17(21)20-18(22)19-16/h8-11,13,16H,3-7,12H2,1-2H3,(H2,19,20,21,22)/t16-/m1/s1. The van der Waals surface area contributed by atoms with Crippen molar-refractivity contribution in [2.45, 2.75) is 52.0 Å². The number of urea groups is 1. The predicted molar refractivity (Wildman–Crippen MR) is 89.3 cm³/mol. The Kier molecular flexibility index (Phi) is 6.44. The summed E-state index contributed by atoms with van der Waals surface area (Å²) < 4.78 is 5.71. The van der Waals surface area contributed by atoms with Gasteiger partial charge in [-0.3, -0.25) is 10.1 Å². The maximum Gasteiger partial charge on any atom is 0.322 e. The molecule has 3 amide bonds. The lowest BCUT2D eigenvalue weighted by Gasteiger charge is -2.10. The molecule has 126 valence electrons. The van der Waals surface area contributed by atoms with E-state index in [1.54, 1.807) is 0 Å². The number of nitrogens with one attached hydrogen (secondary N) is 2. The Morgan fingerprint density at radius 2 is 1.74 bits per heavy atom. The van der Waals surface area contributed by atoms with Crippen LogP contribution in [0.1, 0.15) is 57.6 Å². The molecule has 1 heterocycles. The molecule has 2 rings (SSSR count). The summed E-state index contributed by atoms with van der Waals surface area (Å²) >= 11 is 0. The number of ether oxygens (including phenoxy) is 1. The first-order chi connectivity index (χ1) is 11.1. The molecule has 1 saturated heterocycles. The Balaban J connectivity index is 1.67. The van der Waals surface area contributed by atoms with Crippen LogP contribution in [0.3, 0.4) is 0 Å². The van der Waals surface area contributed by atoms with Gasteiger partial charge in [-0.05, 0) is 30.0 Å². The maximum absolute atomic E-state index is 11.6. The number of hydrogen-bond acceptors (Lipinski definition) is 3. The summed E-state index contributed by atoms with van der Waals surface area (Å²) in [6.45, 7) is 5.22. The number of imide groups is 1. The van der Waals surface area contributed by atoms with E-state index >= 15 is 0 Å². The second kappa shape index (κ2) is 8.56. The second-order valence-corrected chi connectivity index (χ2v) is 6.41. The lowest BCUT2D eigenvalue weighted by molar-refractivity contribution is -0.120. The van der Waals surface area contributed by atoms with E-state index in [-0.39, 0.29) is 5.91 Å². The van der Waals surface area contributed by atoms with Crippen molar-refractivity contribution >= 4 is 11.9 Å². The molecule has 0 unspecified atom stereocenters. The van der Waals surface area contributed by atoms with E-state index in [0.717, 1.165) is 23.7 Å². The number of hydrogen-bond donors (Lipinski definition) is 2. The van der Waals surface area contributed by atoms with Gasteiger partial charge in [0.05, 0.1) is 6.61 Å². The van der Waals surface area contributed by atoms with E-state index in [2.05, 4.69) is 24.5 Å². The van der Waals surface area contributed by atoms with Gasteiger partial charge >= 0.3 is 6.03 Å². The van der Waals surface area contributed by atoms with Crippen molar-refractivity contribution in [3.05, 3.63) is 29.8 Å². The van der Waals surface area contributed by atoms with Crippen LogP contribution in [0, 0.1) is 5.92 Å². The minimum Gasteiger partial charge on any atom is -0.494 e. The van der Waals surface area contributed by atoms with Crippen LogP contribution in [0.4, 0.5) is 4.79 Å². The quantitative estimate of drug-likeness (QED) is 0.540. The summed E-state index contributed by atoms with van der Waals surface area (Å²) in [7, 11) is 0. The molecule has 1 aromatic rings. The molecule has 23 heavy (non-hydrogen) atoms. The smallest absolute Gasteiger partial charge is 0.322 e. The van der Waals surface area contributed by atoms with Crippen LogP contribution in [0.2, 0.25) is 0 Å². The Morgan fingerprint density at radius 3 is 2.35 bits per heavy atom. The second-order valence-electron chi connectivity index (χ2n) is 6.41. The van der Waals surface area contributed by atoms with Gasteiger partial charge in [0.2, 0.25) is 0 Å². The average Bonchev–Trinajstić information content (AvgIpc) is 2.85.